The lowest BCUT2D eigenvalue weighted by Gasteiger charge is -2.28. The number of anilines is 4. The van der Waals surface area contributed by atoms with Crippen LogP contribution in [0, 0.1) is 11.6 Å². The van der Waals surface area contributed by atoms with Crippen molar-refractivity contribution in [3.8, 4) is 0 Å². The van der Waals surface area contributed by atoms with E-state index >= 15 is 0 Å². The first kappa shape index (κ1) is 29.2. The number of rotatable bonds is 8. The van der Waals surface area contributed by atoms with Crippen LogP contribution in [0.25, 0.3) is 0 Å². The van der Waals surface area contributed by atoms with Gasteiger partial charge in [0.1, 0.15) is 29.1 Å². The second kappa shape index (κ2) is 12.2. The van der Waals surface area contributed by atoms with Gasteiger partial charge in [0.2, 0.25) is 5.91 Å². The molecule has 1 saturated heterocycles. The Morgan fingerprint density at radius 3 is 2.34 bits per heavy atom. The van der Waals surface area contributed by atoms with Crippen molar-refractivity contribution in [1.82, 2.24) is 9.88 Å². The predicted octanol–water partition coefficient (Wildman–Crippen LogP) is 5.15. The molecule has 3 aromatic rings. The van der Waals surface area contributed by atoms with Crippen LogP contribution in [-0.4, -0.2) is 46.0 Å². The molecule has 0 bridgehead atoms. The second-order valence-corrected chi connectivity index (χ2v) is 10.6. The lowest BCUT2D eigenvalue weighted by molar-refractivity contribution is -0.120. The molecule has 216 valence electrons. The SMILES string of the molecule is CC(C)(C)OC(=O)N1CCC[C@H]1C(=O)Nc1ccc(Nc2cc(NCc3cc(F)cc(F)c3)c(C(N)=O)cn2)cc1. The fourth-order valence-electron chi connectivity index (χ4n) is 4.37. The van der Waals surface area contributed by atoms with Crippen LogP contribution in [0.3, 0.4) is 0 Å². The quantitative estimate of drug-likeness (QED) is 0.296. The largest absolute Gasteiger partial charge is 0.444 e. The molecule has 3 amide bonds. The summed E-state index contributed by atoms with van der Waals surface area (Å²) in [5.41, 5.74) is 6.76. The van der Waals surface area contributed by atoms with Crippen molar-refractivity contribution in [2.75, 3.05) is 22.5 Å². The number of benzene rings is 2. The van der Waals surface area contributed by atoms with E-state index in [1.807, 2.05) is 0 Å². The Bertz CT molecular complexity index is 1420. The van der Waals surface area contributed by atoms with Crippen molar-refractivity contribution in [2.45, 2.75) is 51.8 Å². The first-order valence-electron chi connectivity index (χ1n) is 13.0. The molecular formula is C29H32F2N6O4. The van der Waals surface area contributed by atoms with Gasteiger partial charge in [0.05, 0.1) is 11.3 Å². The summed E-state index contributed by atoms with van der Waals surface area (Å²) in [5, 5.41) is 8.92. The molecule has 4 rings (SSSR count). The fourth-order valence-corrected chi connectivity index (χ4v) is 4.37. The van der Waals surface area contributed by atoms with Gasteiger partial charge in [-0.3, -0.25) is 14.5 Å². The molecule has 10 nitrogen and oxygen atoms in total. The maximum atomic E-state index is 13.5. The third kappa shape index (κ3) is 7.90. The van der Waals surface area contributed by atoms with E-state index in [4.69, 9.17) is 10.5 Å². The van der Waals surface area contributed by atoms with Gasteiger partial charge < -0.3 is 26.4 Å². The Kier molecular flexibility index (Phi) is 8.70. The van der Waals surface area contributed by atoms with Crippen LogP contribution in [0.1, 0.15) is 49.5 Å². The molecule has 1 fully saturated rings. The highest BCUT2D eigenvalue weighted by Gasteiger charge is 2.36. The monoisotopic (exact) mass is 566 g/mol. The fraction of sp³-hybridized carbons (Fsp3) is 0.310. The van der Waals surface area contributed by atoms with Crippen LogP contribution >= 0.6 is 0 Å². The van der Waals surface area contributed by atoms with Crippen molar-refractivity contribution in [1.29, 1.82) is 0 Å². The molecule has 12 heteroatoms. The van der Waals surface area contributed by atoms with Crippen LogP contribution in [0.2, 0.25) is 0 Å². The zero-order valence-electron chi connectivity index (χ0n) is 23.0. The van der Waals surface area contributed by atoms with E-state index in [0.717, 1.165) is 6.07 Å². The molecule has 0 spiro atoms. The van der Waals surface area contributed by atoms with Crippen molar-refractivity contribution in [3.05, 3.63) is 77.5 Å². The van der Waals surface area contributed by atoms with Gasteiger partial charge in [-0.05, 0) is 75.6 Å². The van der Waals surface area contributed by atoms with Gasteiger partial charge in [-0.25, -0.2) is 18.6 Å². The van der Waals surface area contributed by atoms with Gasteiger partial charge in [0, 0.05) is 42.8 Å². The standard InChI is InChI=1S/C29H32F2N6O4/c1-29(2,3)41-28(40)37-10-4-5-24(37)27(39)36-21-8-6-20(7-9-21)35-25-14-23(22(16-34-25)26(32)38)33-15-17-11-18(30)13-19(31)12-17/h6-9,11-14,16,24H,4-5,10,15H2,1-3H3,(H2,32,38)(H,36,39)(H2,33,34,35)/t24-/m0/s1. The number of carbonyl (C=O) groups is 3. The molecule has 41 heavy (non-hydrogen) atoms. The summed E-state index contributed by atoms with van der Waals surface area (Å²) in [5.74, 6) is -2.07. The predicted molar refractivity (Wildman–Crippen MR) is 151 cm³/mol. The number of nitrogens with one attached hydrogen (secondary N) is 3. The van der Waals surface area contributed by atoms with Crippen LogP contribution in [-0.2, 0) is 16.1 Å². The topological polar surface area (TPSA) is 139 Å². The Balaban J connectivity index is 1.40. The first-order valence-corrected chi connectivity index (χ1v) is 13.0. The summed E-state index contributed by atoms with van der Waals surface area (Å²) in [6.07, 6.45) is 2.03. The van der Waals surface area contributed by atoms with E-state index in [9.17, 15) is 23.2 Å². The molecule has 0 unspecified atom stereocenters. The Labute approximate surface area is 236 Å². The number of nitrogens with zero attached hydrogens (tertiary/aromatic N) is 2. The summed E-state index contributed by atoms with van der Waals surface area (Å²) >= 11 is 0. The van der Waals surface area contributed by atoms with E-state index in [1.54, 1.807) is 51.1 Å². The van der Waals surface area contributed by atoms with Gasteiger partial charge in [-0.2, -0.15) is 0 Å². The van der Waals surface area contributed by atoms with E-state index in [0.29, 0.717) is 47.8 Å². The van der Waals surface area contributed by atoms with Gasteiger partial charge in [0.15, 0.2) is 0 Å². The van der Waals surface area contributed by atoms with Crippen molar-refractivity contribution < 1.29 is 27.9 Å². The number of hydrogen-bond acceptors (Lipinski definition) is 7. The highest BCUT2D eigenvalue weighted by Crippen LogP contribution is 2.25. The van der Waals surface area contributed by atoms with Gasteiger partial charge >= 0.3 is 6.09 Å². The Hall–Kier alpha value is -4.74. The van der Waals surface area contributed by atoms with E-state index < -0.39 is 35.3 Å². The highest BCUT2D eigenvalue weighted by molar-refractivity contribution is 5.99. The number of pyridine rings is 1. The average Bonchev–Trinajstić information content (AvgIpc) is 3.38. The third-order valence-electron chi connectivity index (χ3n) is 6.18. The smallest absolute Gasteiger partial charge is 0.410 e. The summed E-state index contributed by atoms with van der Waals surface area (Å²) in [6, 6.07) is 10.9. The molecular weight excluding hydrogens is 534 g/mol. The maximum Gasteiger partial charge on any atom is 0.410 e. The number of halogens is 2. The number of carbonyl (C=O) groups excluding carboxylic acids is 3. The third-order valence-corrected chi connectivity index (χ3v) is 6.18. The van der Waals surface area contributed by atoms with Crippen LogP contribution in [0.4, 0.5) is 36.5 Å². The van der Waals surface area contributed by atoms with Gasteiger partial charge in [-0.1, -0.05) is 0 Å². The normalized spacial score (nSPS) is 14.9. The highest BCUT2D eigenvalue weighted by atomic mass is 19.1. The lowest BCUT2D eigenvalue weighted by atomic mass is 10.1. The molecule has 0 saturated carbocycles. The summed E-state index contributed by atoms with van der Waals surface area (Å²) in [7, 11) is 0. The summed E-state index contributed by atoms with van der Waals surface area (Å²) < 4.78 is 32.5. The molecule has 1 aliphatic heterocycles. The first-order chi connectivity index (χ1) is 19.4. The number of ether oxygens (including phenoxy) is 1. The minimum atomic E-state index is -0.718. The Morgan fingerprint density at radius 2 is 1.71 bits per heavy atom. The number of primary amides is 1. The molecule has 0 aliphatic carbocycles. The molecule has 5 N–H and O–H groups in total. The van der Waals surface area contributed by atoms with E-state index in [-0.39, 0.29) is 18.0 Å². The minimum Gasteiger partial charge on any atom is -0.444 e. The number of aromatic nitrogens is 1. The molecule has 2 heterocycles. The molecule has 1 aliphatic rings. The number of likely N-dealkylation sites (tertiary alicyclic amines) is 1. The number of nitrogens with two attached hydrogens (primary N) is 1. The van der Waals surface area contributed by atoms with E-state index in [1.165, 1.54) is 23.2 Å². The summed E-state index contributed by atoms with van der Waals surface area (Å²) in [4.78, 5) is 43.0. The Morgan fingerprint density at radius 1 is 1.05 bits per heavy atom. The van der Waals surface area contributed by atoms with E-state index in [2.05, 4.69) is 20.9 Å². The second-order valence-electron chi connectivity index (χ2n) is 10.6. The van der Waals surface area contributed by atoms with Crippen molar-refractivity contribution >= 4 is 40.8 Å². The van der Waals surface area contributed by atoms with Crippen LogP contribution < -0.4 is 21.7 Å². The zero-order valence-corrected chi connectivity index (χ0v) is 23.0. The summed E-state index contributed by atoms with van der Waals surface area (Å²) in [6.45, 7) is 5.83. The van der Waals surface area contributed by atoms with Crippen molar-refractivity contribution in [3.63, 3.8) is 0 Å². The lowest BCUT2D eigenvalue weighted by Crippen LogP contribution is -2.45. The number of amides is 3. The van der Waals surface area contributed by atoms with Crippen LogP contribution in [0.5, 0.6) is 0 Å². The average molecular weight is 567 g/mol. The molecule has 0 radical (unpaired) electrons. The molecule has 1 aromatic heterocycles. The van der Waals surface area contributed by atoms with Gasteiger partial charge in [-0.15, -0.1) is 0 Å². The van der Waals surface area contributed by atoms with Gasteiger partial charge in [0.25, 0.3) is 5.91 Å². The number of hydrogen-bond donors (Lipinski definition) is 4. The maximum absolute atomic E-state index is 13.5. The minimum absolute atomic E-state index is 0.0408. The molecule has 1 atom stereocenters. The van der Waals surface area contributed by atoms with Crippen LogP contribution in [0.15, 0.2) is 54.7 Å². The van der Waals surface area contributed by atoms with Crippen molar-refractivity contribution in [2.24, 2.45) is 5.73 Å². The molecule has 2 aromatic carbocycles. The zero-order chi connectivity index (χ0) is 29.7.